The Labute approximate surface area is 136 Å². The van der Waals surface area contributed by atoms with E-state index in [1.165, 1.54) is 0 Å². The zero-order valence-electron chi connectivity index (χ0n) is 14.0. The molecule has 0 fully saturated rings. The van der Waals surface area contributed by atoms with Crippen molar-refractivity contribution >= 4 is 11.6 Å². The van der Waals surface area contributed by atoms with Crippen molar-refractivity contribution in [1.29, 1.82) is 0 Å². The molecule has 2 aromatic rings. The van der Waals surface area contributed by atoms with E-state index >= 15 is 0 Å². The van der Waals surface area contributed by atoms with Crippen LogP contribution in [0.15, 0.2) is 30.5 Å². The van der Waals surface area contributed by atoms with Gasteiger partial charge < -0.3 is 4.79 Å². The van der Waals surface area contributed by atoms with Gasteiger partial charge >= 0.3 is 0 Å². The molecule has 1 aromatic carbocycles. The van der Waals surface area contributed by atoms with E-state index in [1.807, 2.05) is 44.3 Å². The van der Waals surface area contributed by atoms with Gasteiger partial charge in [0.05, 0.1) is 6.20 Å². The maximum Gasteiger partial charge on any atom is 0.165 e. The van der Waals surface area contributed by atoms with Crippen molar-refractivity contribution in [3.63, 3.8) is 0 Å². The predicted molar refractivity (Wildman–Crippen MR) is 89.2 cm³/mol. The highest BCUT2D eigenvalue weighted by Crippen LogP contribution is 2.18. The lowest BCUT2D eigenvalue weighted by molar-refractivity contribution is -0.117. The zero-order valence-corrected chi connectivity index (χ0v) is 14.0. The number of benzene rings is 1. The summed E-state index contributed by atoms with van der Waals surface area (Å²) in [4.78, 5) is 22.8. The number of nitrogens with zero attached hydrogens (tertiary/aromatic N) is 3. The van der Waals surface area contributed by atoms with Gasteiger partial charge in [-0.25, -0.2) is 0 Å². The number of ketones is 2. The Bertz CT molecular complexity index is 672. The monoisotopic (exact) mass is 313 g/mol. The van der Waals surface area contributed by atoms with Gasteiger partial charge in [-0.05, 0) is 19.8 Å². The van der Waals surface area contributed by atoms with Gasteiger partial charge in [0.25, 0.3) is 0 Å². The first-order chi connectivity index (χ1) is 11.0. The van der Waals surface area contributed by atoms with E-state index in [0.717, 1.165) is 36.2 Å². The van der Waals surface area contributed by atoms with Crippen LogP contribution in [0.5, 0.6) is 0 Å². The fraction of sp³-hybridized carbons (Fsp3) is 0.444. The Kier molecular flexibility index (Phi) is 5.79. The number of unbranched alkanes of at least 4 members (excludes halogenated alkanes) is 1. The SMILES string of the molecule is CC(=O)CCCCn1cc(-c2ccc(C(=O)C(C)C)cc2)nn1. The average Bonchev–Trinajstić information content (AvgIpc) is 2.99. The molecule has 23 heavy (non-hydrogen) atoms. The lowest BCUT2D eigenvalue weighted by atomic mass is 9.99. The fourth-order valence-corrected chi connectivity index (χ4v) is 2.33. The number of aryl methyl sites for hydroxylation is 1. The molecule has 0 atom stereocenters. The minimum Gasteiger partial charge on any atom is -0.300 e. The second kappa shape index (κ2) is 7.81. The van der Waals surface area contributed by atoms with Crippen LogP contribution in [0.25, 0.3) is 11.3 Å². The highest BCUT2D eigenvalue weighted by Gasteiger charge is 2.11. The summed E-state index contributed by atoms with van der Waals surface area (Å²) in [5, 5.41) is 8.28. The van der Waals surface area contributed by atoms with E-state index in [-0.39, 0.29) is 17.5 Å². The van der Waals surface area contributed by atoms with Crippen LogP contribution in [-0.4, -0.2) is 26.6 Å². The Morgan fingerprint density at radius 3 is 2.43 bits per heavy atom. The van der Waals surface area contributed by atoms with Gasteiger partial charge in [0.2, 0.25) is 0 Å². The summed E-state index contributed by atoms with van der Waals surface area (Å²) < 4.78 is 1.79. The maximum absolute atomic E-state index is 11.9. The quantitative estimate of drug-likeness (QED) is 0.552. The molecule has 0 saturated carbocycles. The van der Waals surface area contributed by atoms with Crippen molar-refractivity contribution in [3.05, 3.63) is 36.0 Å². The molecule has 0 bridgehead atoms. The molecule has 0 aliphatic carbocycles. The van der Waals surface area contributed by atoms with Crippen molar-refractivity contribution in [2.45, 2.75) is 46.6 Å². The summed E-state index contributed by atoms with van der Waals surface area (Å²) in [5.41, 5.74) is 2.46. The predicted octanol–water partition coefficient (Wildman–Crippen LogP) is 3.54. The standard InChI is InChI=1S/C18H23N3O2/c1-13(2)18(23)16-9-7-15(8-10-16)17-12-21(20-19-17)11-5-4-6-14(3)22/h7-10,12-13H,4-6,11H2,1-3H3. The molecule has 0 N–H and O–H groups in total. The minimum atomic E-state index is -0.00303. The summed E-state index contributed by atoms with van der Waals surface area (Å²) in [6.45, 7) is 6.16. The number of aromatic nitrogens is 3. The second-order valence-corrected chi connectivity index (χ2v) is 6.12. The summed E-state index contributed by atoms with van der Waals surface area (Å²) >= 11 is 0. The van der Waals surface area contributed by atoms with Gasteiger partial charge in [-0.15, -0.1) is 5.10 Å². The Morgan fingerprint density at radius 2 is 1.83 bits per heavy atom. The molecular weight excluding hydrogens is 290 g/mol. The van der Waals surface area contributed by atoms with Gasteiger partial charge in [0.1, 0.15) is 11.5 Å². The summed E-state index contributed by atoms with van der Waals surface area (Å²) in [7, 11) is 0. The van der Waals surface area contributed by atoms with E-state index in [4.69, 9.17) is 0 Å². The largest absolute Gasteiger partial charge is 0.300 e. The van der Waals surface area contributed by atoms with E-state index < -0.39 is 0 Å². The molecule has 0 unspecified atom stereocenters. The Morgan fingerprint density at radius 1 is 1.13 bits per heavy atom. The average molecular weight is 313 g/mol. The summed E-state index contributed by atoms with van der Waals surface area (Å²) in [6.07, 6.45) is 4.29. The van der Waals surface area contributed by atoms with Crippen LogP contribution in [0.4, 0.5) is 0 Å². The fourth-order valence-electron chi connectivity index (χ4n) is 2.33. The van der Waals surface area contributed by atoms with E-state index in [1.54, 1.807) is 11.6 Å². The third-order valence-corrected chi connectivity index (χ3v) is 3.69. The number of carbonyl (C=O) groups is 2. The highest BCUT2D eigenvalue weighted by molar-refractivity contribution is 5.97. The van der Waals surface area contributed by atoms with Crippen molar-refractivity contribution in [3.8, 4) is 11.3 Å². The highest BCUT2D eigenvalue weighted by atomic mass is 16.1. The molecule has 0 saturated heterocycles. The van der Waals surface area contributed by atoms with Gasteiger partial charge in [-0.2, -0.15) is 0 Å². The van der Waals surface area contributed by atoms with E-state index in [9.17, 15) is 9.59 Å². The lowest BCUT2D eigenvalue weighted by Gasteiger charge is -2.04. The third-order valence-electron chi connectivity index (χ3n) is 3.69. The van der Waals surface area contributed by atoms with Crippen molar-refractivity contribution < 1.29 is 9.59 Å². The first kappa shape index (κ1) is 17.1. The van der Waals surface area contributed by atoms with Gasteiger partial charge in [-0.1, -0.05) is 43.3 Å². The normalized spacial score (nSPS) is 11.0. The molecule has 1 heterocycles. The van der Waals surface area contributed by atoms with Crippen LogP contribution in [0.2, 0.25) is 0 Å². The molecule has 0 spiro atoms. The maximum atomic E-state index is 11.9. The molecule has 0 amide bonds. The van der Waals surface area contributed by atoms with Crippen LogP contribution in [0, 0.1) is 5.92 Å². The van der Waals surface area contributed by atoms with Gasteiger partial charge in [0.15, 0.2) is 5.78 Å². The molecule has 5 heteroatoms. The van der Waals surface area contributed by atoms with Gasteiger partial charge in [-0.3, -0.25) is 9.48 Å². The molecule has 2 rings (SSSR count). The summed E-state index contributed by atoms with van der Waals surface area (Å²) in [5.74, 6) is 0.364. The zero-order chi connectivity index (χ0) is 16.8. The van der Waals surface area contributed by atoms with Crippen molar-refractivity contribution in [2.75, 3.05) is 0 Å². The van der Waals surface area contributed by atoms with Crippen LogP contribution < -0.4 is 0 Å². The first-order valence-electron chi connectivity index (χ1n) is 8.01. The Hall–Kier alpha value is -2.30. The van der Waals surface area contributed by atoms with Crippen molar-refractivity contribution in [1.82, 2.24) is 15.0 Å². The molecule has 122 valence electrons. The number of carbonyl (C=O) groups excluding carboxylic acids is 2. The lowest BCUT2D eigenvalue weighted by Crippen LogP contribution is -2.06. The van der Waals surface area contributed by atoms with E-state index in [2.05, 4.69) is 10.3 Å². The van der Waals surface area contributed by atoms with Crippen LogP contribution in [0.3, 0.4) is 0 Å². The minimum absolute atomic E-state index is 0.00303. The molecule has 5 nitrogen and oxygen atoms in total. The second-order valence-electron chi connectivity index (χ2n) is 6.12. The van der Waals surface area contributed by atoms with E-state index in [0.29, 0.717) is 6.42 Å². The van der Waals surface area contributed by atoms with Crippen LogP contribution >= 0.6 is 0 Å². The van der Waals surface area contributed by atoms with Crippen LogP contribution in [0.1, 0.15) is 50.4 Å². The van der Waals surface area contributed by atoms with Crippen molar-refractivity contribution in [2.24, 2.45) is 5.92 Å². The molecular formula is C18H23N3O2. The van der Waals surface area contributed by atoms with Gasteiger partial charge in [0, 0.05) is 30.0 Å². The smallest absolute Gasteiger partial charge is 0.165 e. The number of rotatable bonds is 8. The number of hydrogen-bond acceptors (Lipinski definition) is 4. The molecule has 0 radical (unpaired) electrons. The molecule has 1 aromatic heterocycles. The Balaban J connectivity index is 1.97. The molecule has 0 aliphatic heterocycles. The number of hydrogen-bond donors (Lipinski definition) is 0. The molecule has 0 aliphatic rings. The first-order valence-corrected chi connectivity index (χ1v) is 8.01. The van der Waals surface area contributed by atoms with Crippen LogP contribution in [-0.2, 0) is 11.3 Å². The third kappa shape index (κ3) is 4.84. The summed E-state index contributed by atoms with van der Waals surface area (Å²) in [6, 6.07) is 7.48. The number of Topliss-reactive ketones (excluding diaryl/α,β-unsaturated/α-hetero) is 2. The topological polar surface area (TPSA) is 64.8 Å².